The van der Waals surface area contributed by atoms with Gasteiger partial charge in [0, 0.05) is 23.1 Å². The number of anilines is 2. The number of rotatable bonds is 5. The minimum Gasteiger partial charge on any atom is -0.452 e. The zero-order valence-corrected chi connectivity index (χ0v) is 16.7. The van der Waals surface area contributed by atoms with Crippen molar-refractivity contribution in [1.29, 1.82) is 0 Å². The van der Waals surface area contributed by atoms with Gasteiger partial charge in [-0.1, -0.05) is 12.8 Å². The Morgan fingerprint density at radius 2 is 2.10 bits per heavy atom. The van der Waals surface area contributed by atoms with Gasteiger partial charge in [-0.3, -0.25) is 9.59 Å². The summed E-state index contributed by atoms with van der Waals surface area (Å²) in [7, 11) is 0. The summed E-state index contributed by atoms with van der Waals surface area (Å²) >= 11 is 1.56. The average molecular weight is 414 g/mol. The maximum absolute atomic E-state index is 12.3. The molecular weight excluding hydrogens is 392 g/mol. The molecule has 1 aromatic heterocycles. The van der Waals surface area contributed by atoms with Crippen LogP contribution in [-0.4, -0.2) is 39.9 Å². The predicted octanol–water partition coefficient (Wildman–Crippen LogP) is 3.23. The second kappa shape index (κ2) is 8.69. The summed E-state index contributed by atoms with van der Waals surface area (Å²) in [5, 5.41) is 9.86. The summed E-state index contributed by atoms with van der Waals surface area (Å²) < 4.78 is 6.99. The van der Waals surface area contributed by atoms with E-state index in [1.807, 2.05) is 4.68 Å². The SMILES string of the molecule is O=C1CCSc2ccc(C(=O)OCC(=O)Nc3ccnn3C3CCCC3)cc2N1. The number of ether oxygens (including phenoxy) is 1. The lowest BCUT2D eigenvalue weighted by molar-refractivity contribution is -0.119. The fourth-order valence-electron chi connectivity index (χ4n) is 3.59. The molecule has 4 rings (SSSR count). The van der Waals surface area contributed by atoms with Crippen LogP contribution < -0.4 is 10.6 Å². The highest BCUT2D eigenvalue weighted by Gasteiger charge is 2.21. The number of hydrogen-bond donors (Lipinski definition) is 2. The van der Waals surface area contributed by atoms with Gasteiger partial charge in [0.2, 0.25) is 5.91 Å². The van der Waals surface area contributed by atoms with E-state index in [-0.39, 0.29) is 11.5 Å². The molecular formula is C20H22N4O4S. The smallest absolute Gasteiger partial charge is 0.338 e. The minimum absolute atomic E-state index is 0.0833. The van der Waals surface area contributed by atoms with Crippen molar-refractivity contribution in [2.24, 2.45) is 0 Å². The van der Waals surface area contributed by atoms with Gasteiger partial charge in [0.15, 0.2) is 6.61 Å². The molecule has 1 aliphatic heterocycles. The largest absolute Gasteiger partial charge is 0.452 e. The van der Waals surface area contributed by atoms with Crippen LogP contribution in [0.25, 0.3) is 0 Å². The molecule has 2 aliphatic rings. The molecule has 2 N–H and O–H groups in total. The standard InChI is InChI=1S/C20H22N4O4S/c25-18-8-10-29-16-6-5-13(11-15(16)22-18)20(27)28-12-19(26)23-17-7-9-21-24(17)14-3-1-2-4-14/h5-7,9,11,14H,1-4,8,10,12H2,(H,22,25)(H,23,26). The topological polar surface area (TPSA) is 102 Å². The predicted molar refractivity (Wildman–Crippen MR) is 109 cm³/mol. The van der Waals surface area contributed by atoms with Crippen LogP contribution in [-0.2, 0) is 14.3 Å². The number of benzene rings is 1. The summed E-state index contributed by atoms with van der Waals surface area (Å²) in [6.07, 6.45) is 6.50. The lowest BCUT2D eigenvalue weighted by Crippen LogP contribution is -2.23. The zero-order chi connectivity index (χ0) is 20.2. The summed E-state index contributed by atoms with van der Waals surface area (Å²) in [5.41, 5.74) is 0.882. The third kappa shape index (κ3) is 4.61. The van der Waals surface area contributed by atoms with Crippen LogP contribution in [0.1, 0.15) is 48.5 Å². The number of amides is 2. The number of aromatic nitrogens is 2. The number of carbonyl (C=O) groups excluding carboxylic acids is 3. The average Bonchev–Trinajstić information content (AvgIpc) is 3.35. The fourth-order valence-corrected chi connectivity index (χ4v) is 4.53. The third-order valence-electron chi connectivity index (χ3n) is 5.02. The van der Waals surface area contributed by atoms with E-state index in [2.05, 4.69) is 15.7 Å². The lowest BCUT2D eigenvalue weighted by atomic mass is 10.2. The second-order valence-corrected chi connectivity index (χ2v) is 8.22. The van der Waals surface area contributed by atoms with Crippen LogP contribution in [0.4, 0.5) is 11.5 Å². The van der Waals surface area contributed by atoms with Crippen LogP contribution in [0.15, 0.2) is 35.4 Å². The molecule has 0 spiro atoms. The quantitative estimate of drug-likeness (QED) is 0.729. The molecule has 2 heterocycles. The normalized spacial score (nSPS) is 16.6. The molecule has 2 amide bonds. The maximum Gasteiger partial charge on any atom is 0.338 e. The van der Waals surface area contributed by atoms with Gasteiger partial charge in [-0.25, -0.2) is 9.48 Å². The Hall–Kier alpha value is -2.81. The molecule has 9 heteroatoms. The highest BCUT2D eigenvalue weighted by Crippen LogP contribution is 2.32. The van der Waals surface area contributed by atoms with Gasteiger partial charge in [-0.15, -0.1) is 11.8 Å². The van der Waals surface area contributed by atoms with E-state index >= 15 is 0 Å². The highest BCUT2D eigenvalue weighted by atomic mass is 32.2. The molecule has 1 fully saturated rings. The molecule has 152 valence electrons. The van der Waals surface area contributed by atoms with Gasteiger partial charge in [-0.05, 0) is 31.0 Å². The van der Waals surface area contributed by atoms with Crippen molar-refractivity contribution in [3.05, 3.63) is 36.0 Å². The Morgan fingerprint density at radius 3 is 2.93 bits per heavy atom. The Labute approximate surface area is 172 Å². The van der Waals surface area contributed by atoms with Crippen LogP contribution in [0.5, 0.6) is 0 Å². The van der Waals surface area contributed by atoms with E-state index in [0.29, 0.717) is 29.7 Å². The van der Waals surface area contributed by atoms with Crippen LogP contribution in [0, 0.1) is 0 Å². The van der Waals surface area contributed by atoms with Crippen molar-refractivity contribution >= 4 is 41.1 Å². The highest BCUT2D eigenvalue weighted by molar-refractivity contribution is 7.99. The molecule has 0 bridgehead atoms. The molecule has 1 aromatic carbocycles. The molecule has 0 atom stereocenters. The minimum atomic E-state index is -0.615. The monoisotopic (exact) mass is 414 g/mol. The Bertz CT molecular complexity index is 936. The van der Waals surface area contributed by atoms with Gasteiger partial charge in [0.05, 0.1) is 23.5 Å². The van der Waals surface area contributed by atoms with E-state index < -0.39 is 18.5 Å². The number of fused-ring (bicyclic) bond motifs is 1. The van der Waals surface area contributed by atoms with E-state index in [4.69, 9.17) is 4.74 Å². The van der Waals surface area contributed by atoms with Gasteiger partial charge < -0.3 is 15.4 Å². The Balaban J connectivity index is 1.35. The summed E-state index contributed by atoms with van der Waals surface area (Å²) in [5.74, 6) is 0.190. The van der Waals surface area contributed by atoms with E-state index in [1.54, 1.807) is 42.2 Å². The van der Waals surface area contributed by atoms with E-state index in [1.165, 1.54) is 0 Å². The number of esters is 1. The second-order valence-electron chi connectivity index (χ2n) is 7.08. The van der Waals surface area contributed by atoms with E-state index in [9.17, 15) is 14.4 Å². The number of carbonyl (C=O) groups is 3. The number of thioether (sulfide) groups is 1. The first-order chi connectivity index (χ1) is 14.1. The van der Waals surface area contributed by atoms with Crippen molar-refractivity contribution in [2.75, 3.05) is 23.0 Å². The molecule has 0 unspecified atom stereocenters. The Kier molecular flexibility index (Phi) is 5.84. The summed E-state index contributed by atoms with van der Waals surface area (Å²) in [6, 6.07) is 7.04. The Morgan fingerprint density at radius 1 is 1.28 bits per heavy atom. The van der Waals surface area contributed by atoms with Crippen LogP contribution >= 0.6 is 11.8 Å². The first-order valence-corrected chi connectivity index (χ1v) is 10.7. The number of nitrogens with zero attached hydrogens (tertiary/aromatic N) is 2. The number of hydrogen-bond acceptors (Lipinski definition) is 6. The first kappa shape index (κ1) is 19.5. The molecule has 8 nitrogen and oxygen atoms in total. The van der Waals surface area contributed by atoms with Crippen molar-refractivity contribution in [3.8, 4) is 0 Å². The van der Waals surface area contributed by atoms with Gasteiger partial charge in [0.25, 0.3) is 5.91 Å². The molecule has 0 saturated heterocycles. The molecule has 1 saturated carbocycles. The van der Waals surface area contributed by atoms with Crippen molar-refractivity contribution in [3.63, 3.8) is 0 Å². The van der Waals surface area contributed by atoms with Gasteiger partial charge in [0.1, 0.15) is 5.82 Å². The van der Waals surface area contributed by atoms with Crippen LogP contribution in [0.3, 0.4) is 0 Å². The number of nitrogens with one attached hydrogen (secondary N) is 2. The molecule has 1 aliphatic carbocycles. The van der Waals surface area contributed by atoms with E-state index in [0.717, 1.165) is 30.6 Å². The fraction of sp³-hybridized carbons (Fsp3) is 0.400. The lowest BCUT2D eigenvalue weighted by Gasteiger charge is -2.14. The molecule has 0 radical (unpaired) electrons. The first-order valence-electron chi connectivity index (χ1n) is 9.67. The maximum atomic E-state index is 12.3. The molecule has 29 heavy (non-hydrogen) atoms. The third-order valence-corrected chi connectivity index (χ3v) is 6.09. The zero-order valence-electron chi connectivity index (χ0n) is 15.8. The summed E-state index contributed by atoms with van der Waals surface area (Å²) in [6.45, 7) is -0.396. The van der Waals surface area contributed by atoms with Crippen LogP contribution in [0.2, 0.25) is 0 Å². The van der Waals surface area contributed by atoms with Gasteiger partial charge in [-0.2, -0.15) is 5.10 Å². The summed E-state index contributed by atoms with van der Waals surface area (Å²) in [4.78, 5) is 37.2. The van der Waals surface area contributed by atoms with Gasteiger partial charge >= 0.3 is 5.97 Å². The molecule has 2 aromatic rings. The van der Waals surface area contributed by atoms with Crippen molar-refractivity contribution < 1.29 is 19.1 Å². The van der Waals surface area contributed by atoms with Crippen molar-refractivity contribution in [1.82, 2.24) is 9.78 Å². The van der Waals surface area contributed by atoms with Crippen molar-refractivity contribution in [2.45, 2.75) is 43.0 Å².